The summed E-state index contributed by atoms with van der Waals surface area (Å²) in [5.41, 5.74) is -1.02. The van der Waals surface area contributed by atoms with Gasteiger partial charge in [-0.1, -0.05) is 6.07 Å². The molecule has 0 saturated carbocycles. The third kappa shape index (κ3) is 4.52. The quantitative estimate of drug-likeness (QED) is 0.711. The van der Waals surface area contributed by atoms with Gasteiger partial charge in [0.05, 0.1) is 29.2 Å². The van der Waals surface area contributed by atoms with E-state index in [1.54, 1.807) is 18.2 Å². The molecule has 29 heavy (non-hydrogen) atoms. The zero-order valence-corrected chi connectivity index (χ0v) is 15.6. The predicted octanol–water partition coefficient (Wildman–Crippen LogP) is 4.52. The lowest BCUT2D eigenvalue weighted by Crippen LogP contribution is -2.18. The van der Waals surface area contributed by atoms with Gasteiger partial charge in [0.1, 0.15) is 5.75 Å². The lowest BCUT2D eigenvalue weighted by atomic mass is 10.1. The molecule has 10 heteroatoms. The number of ether oxygens (including phenoxy) is 2. The van der Waals surface area contributed by atoms with Gasteiger partial charge in [0, 0.05) is 0 Å². The maximum absolute atomic E-state index is 13.1. The van der Waals surface area contributed by atoms with Gasteiger partial charge in [-0.2, -0.15) is 18.4 Å². The number of hydrogen-bond donors (Lipinski definition) is 2. The smallest absolute Gasteiger partial charge is 0.417 e. The largest absolute Gasteiger partial charge is 0.493 e. The van der Waals surface area contributed by atoms with E-state index in [0.29, 0.717) is 10.5 Å². The van der Waals surface area contributed by atoms with Crippen LogP contribution in [0.2, 0.25) is 0 Å². The van der Waals surface area contributed by atoms with Crippen LogP contribution < -0.4 is 14.8 Å². The number of methoxy groups -OCH3 is 1. The molecule has 1 aliphatic heterocycles. The van der Waals surface area contributed by atoms with Gasteiger partial charge >= 0.3 is 6.18 Å². The van der Waals surface area contributed by atoms with Crippen LogP contribution in [0.5, 0.6) is 17.2 Å². The summed E-state index contributed by atoms with van der Waals surface area (Å²) < 4.78 is 50.1. The van der Waals surface area contributed by atoms with Crippen LogP contribution in [0.1, 0.15) is 16.7 Å². The fourth-order valence-corrected chi connectivity index (χ4v) is 3.20. The molecule has 2 aromatic carbocycles. The topological polar surface area (TPSA) is 95.2 Å². The van der Waals surface area contributed by atoms with Crippen LogP contribution in [0, 0.1) is 16.7 Å². The second kappa shape index (κ2) is 7.89. The molecule has 6 nitrogen and oxygen atoms in total. The average molecular weight is 419 g/mol. The van der Waals surface area contributed by atoms with Gasteiger partial charge in [0.25, 0.3) is 5.91 Å². The summed E-state index contributed by atoms with van der Waals surface area (Å²) in [7, 11) is 1.37. The van der Waals surface area contributed by atoms with Crippen molar-refractivity contribution in [1.82, 2.24) is 5.32 Å². The lowest BCUT2D eigenvalue weighted by Gasteiger charge is -2.14. The predicted molar refractivity (Wildman–Crippen MR) is 101 cm³/mol. The number of nitrogens with one attached hydrogen (secondary N) is 2. The standard InChI is InChI=1S/C19H12F3N3O3S/c1-27-15-6-10(7-16-17(26)25-18(24)29-16)2-5-14(15)28-12-4-3-11(9-23)13(8-12)19(20,21)22/h2-8H,1H3,(H2,24,25,26)/b16-7-. The maximum Gasteiger partial charge on any atom is 0.417 e. The molecule has 1 saturated heterocycles. The van der Waals surface area contributed by atoms with Crippen molar-refractivity contribution in [2.75, 3.05) is 7.11 Å². The first-order valence-corrected chi connectivity index (χ1v) is 8.79. The van der Waals surface area contributed by atoms with E-state index in [2.05, 4.69) is 5.32 Å². The molecule has 2 aromatic rings. The number of carbonyl (C=O) groups excluding carboxylic acids is 1. The Balaban J connectivity index is 1.91. The van der Waals surface area contributed by atoms with Crippen molar-refractivity contribution in [3.8, 4) is 23.3 Å². The molecule has 0 radical (unpaired) electrons. The molecule has 1 fully saturated rings. The Labute approximate surface area is 167 Å². The number of nitrogens with zero attached hydrogens (tertiary/aromatic N) is 1. The Morgan fingerprint density at radius 2 is 1.97 bits per heavy atom. The summed E-state index contributed by atoms with van der Waals surface area (Å²) in [6.07, 6.45) is -3.14. The molecule has 0 unspecified atom stereocenters. The highest BCUT2D eigenvalue weighted by Gasteiger charge is 2.34. The van der Waals surface area contributed by atoms with Gasteiger partial charge in [0.15, 0.2) is 16.7 Å². The van der Waals surface area contributed by atoms with Gasteiger partial charge < -0.3 is 14.8 Å². The fourth-order valence-electron chi connectivity index (χ4n) is 2.50. The van der Waals surface area contributed by atoms with Crippen LogP contribution in [0.15, 0.2) is 41.3 Å². The molecule has 1 aliphatic rings. The van der Waals surface area contributed by atoms with Gasteiger partial charge in [-0.25, -0.2) is 0 Å². The number of rotatable bonds is 4. The van der Waals surface area contributed by atoms with Crippen molar-refractivity contribution in [1.29, 1.82) is 10.7 Å². The maximum atomic E-state index is 13.1. The third-order valence-electron chi connectivity index (χ3n) is 3.79. The van der Waals surface area contributed by atoms with Crippen LogP contribution in [0.4, 0.5) is 13.2 Å². The Morgan fingerprint density at radius 3 is 2.55 bits per heavy atom. The van der Waals surface area contributed by atoms with E-state index in [-0.39, 0.29) is 22.4 Å². The number of amides is 1. The minimum Gasteiger partial charge on any atom is -0.493 e. The Hall–Kier alpha value is -3.45. The third-order valence-corrected chi connectivity index (χ3v) is 4.62. The fraction of sp³-hybridized carbons (Fsp3) is 0.105. The number of hydrogen-bond acceptors (Lipinski definition) is 6. The number of benzene rings is 2. The van der Waals surface area contributed by atoms with E-state index in [1.165, 1.54) is 25.3 Å². The SMILES string of the molecule is COc1cc(/C=C2\SC(=N)NC2=O)ccc1Oc1ccc(C#N)c(C(F)(F)F)c1. The van der Waals surface area contributed by atoms with Gasteiger partial charge in [-0.05, 0) is 53.7 Å². The first kappa shape index (κ1) is 20.3. The number of alkyl halides is 3. The van der Waals surface area contributed by atoms with E-state index in [9.17, 15) is 18.0 Å². The lowest BCUT2D eigenvalue weighted by molar-refractivity contribution is -0.137. The van der Waals surface area contributed by atoms with Crippen LogP contribution in [0.3, 0.4) is 0 Å². The highest BCUT2D eigenvalue weighted by molar-refractivity contribution is 8.18. The molecule has 0 aromatic heterocycles. The number of halogens is 3. The molecule has 3 rings (SSSR count). The Bertz CT molecular complexity index is 1070. The molecule has 1 amide bonds. The van der Waals surface area contributed by atoms with Gasteiger partial charge in [0.2, 0.25) is 0 Å². The monoisotopic (exact) mass is 419 g/mol. The van der Waals surface area contributed by atoms with Crippen molar-refractivity contribution < 1.29 is 27.4 Å². The second-order valence-corrected chi connectivity index (χ2v) is 6.78. The van der Waals surface area contributed by atoms with Crippen molar-refractivity contribution >= 4 is 28.9 Å². The van der Waals surface area contributed by atoms with Crippen LogP contribution in [-0.2, 0) is 11.0 Å². The van der Waals surface area contributed by atoms with E-state index in [1.807, 2.05) is 0 Å². The molecule has 2 N–H and O–H groups in total. The van der Waals surface area contributed by atoms with E-state index >= 15 is 0 Å². The average Bonchev–Trinajstić information content (AvgIpc) is 2.99. The van der Waals surface area contributed by atoms with Crippen LogP contribution in [-0.4, -0.2) is 18.2 Å². The van der Waals surface area contributed by atoms with E-state index in [0.717, 1.165) is 23.9 Å². The molecule has 148 valence electrons. The molecule has 1 heterocycles. The highest BCUT2D eigenvalue weighted by Crippen LogP contribution is 2.38. The first-order valence-electron chi connectivity index (χ1n) is 7.98. The number of thioether (sulfide) groups is 1. The minimum absolute atomic E-state index is 0.0226. The Kier molecular flexibility index (Phi) is 5.52. The zero-order valence-electron chi connectivity index (χ0n) is 14.8. The van der Waals surface area contributed by atoms with Crippen molar-refractivity contribution in [2.45, 2.75) is 6.18 Å². The normalized spacial score (nSPS) is 15.2. The number of carbonyl (C=O) groups is 1. The van der Waals surface area contributed by atoms with Crippen LogP contribution in [0.25, 0.3) is 6.08 Å². The van der Waals surface area contributed by atoms with Gasteiger partial charge in [-0.15, -0.1) is 0 Å². The summed E-state index contributed by atoms with van der Waals surface area (Å²) >= 11 is 0.975. The van der Waals surface area contributed by atoms with E-state index in [4.69, 9.17) is 20.1 Å². The molecule has 0 bridgehead atoms. The van der Waals surface area contributed by atoms with Crippen molar-refractivity contribution in [3.05, 3.63) is 58.0 Å². The number of nitriles is 1. The van der Waals surface area contributed by atoms with E-state index < -0.39 is 23.2 Å². The van der Waals surface area contributed by atoms with Crippen molar-refractivity contribution in [3.63, 3.8) is 0 Å². The molecular formula is C19H12F3N3O3S. The first-order chi connectivity index (χ1) is 13.7. The summed E-state index contributed by atoms with van der Waals surface area (Å²) in [5, 5.41) is 18.7. The summed E-state index contributed by atoms with van der Waals surface area (Å²) in [6, 6.07) is 9.18. The van der Waals surface area contributed by atoms with Crippen LogP contribution >= 0.6 is 11.8 Å². The summed E-state index contributed by atoms with van der Waals surface area (Å²) in [4.78, 5) is 12.0. The molecule has 0 atom stereocenters. The van der Waals surface area contributed by atoms with Crippen molar-refractivity contribution in [2.24, 2.45) is 0 Å². The molecular weight excluding hydrogens is 407 g/mol. The Morgan fingerprint density at radius 1 is 1.21 bits per heavy atom. The van der Waals surface area contributed by atoms with Gasteiger partial charge in [-0.3, -0.25) is 10.2 Å². The zero-order chi connectivity index (χ0) is 21.2. The molecule has 0 spiro atoms. The molecule has 0 aliphatic carbocycles. The second-order valence-electron chi connectivity index (χ2n) is 5.72. The summed E-state index contributed by atoms with van der Waals surface area (Å²) in [5.74, 6) is -0.115. The number of amidine groups is 1. The minimum atomic E-state index is -4.70. The summed E-state index contributed by atoms with van der Waals surface area (Å²) in [6.45, 7) is 0. The highest BCUT2D eigenvalue weighted by atomic mass is 32.2.